The third-order valence-electron chi connectivity index (χ3n) is 3.86. The van der Waals surface area contributed by atoms with E-state index in [-0.39, 0.29) is 5.41 Å². The number of fused-ring (bicyclic) bond motifs is 3. The third-order valence-corrected chi connectivity index (χ3v) is 3.86. The van der Waals surface area contributed by atoms with E-state index in [9.17, 15) is 5.11 Å². The number of ether oxygens (including phenoxy) is 1. The van der Waals surface area contributed by atoms with Crippen molar-refractivity contribution < 1.29 is 9.84 Å². The molecule has 2 aromatic rings. The lowest BCUT2D eigenvalue weighted by atomic mass is 9.85. The van der Waals surface area contributed by atoms with Gasteiger partial charge in [0.05, 0.1) is 0 Å². The van der Waals surface area contributed by atoms with Crippen LogP contribution in [0, 0.1) is 0 Å². The zero-order valence-corrected chi connectivity index (χ0v) is 11.7. The summed E-state index contributed by atoms with van der Waals surface area (Å²) in [6, 6.07) is 10.7. The van der Waals surface area contributed by atoms with Crippen LogP contribution in [0.4, 0.5) is 0 Å². The summed E-state index contributed by atoms with van der Waals surface area (Å²) in [7, 11) is 0. The van der Waals surface area contributed by atoms with Crippen LogP contribution < -0.4 is 4.74 Å². The molecule has 1 atom stereocenters. The van der Waals surface area contributed by atoms with Crippen molar-refractivity contribution in [1.82, 2.24) is 0 Å². The maximum atomic E-state index is 9.56. The Bertz CT molecular complexity index is 623. The molecule has 0 radical (unpaired) electrons. The van der Waals surface area contributed by atoms with E-state index in [1.54, 1.807) is 0 Å². The molecule has 19 heavy (non-hydrogen) atoms. The molecule has 0 aromatic heterocycles. The van der Waals surface area contributed by atoms with Crippen LogP contribution in [0.15, 0.2) is 30.3 Å². The van der Waals surface area contributed by atoms with Gasteiger partial charge in [-0.1, -0.05) is 45.0 Å². The quantitative estimate of drug-likeness (QED) is 0.777. The van der Waals surface area contributed by atoms with Crippen LogP contribution in [0.3, 0.4) is 0 Å². The summed E-state index contributed by atoms with van der Waals surface area (Å²) < 4.78 is 5.49. The van der Waals surface area contributed by atoms with Crippen LogP contribution in [0.25, 0.3) is 10.8 Å². The van der Waals surface area contributed by atoms with Crippen LogP contribution in [0.1, 0.15) is 38.3 Å². The fourth-order valence-corrected chi connectivity index (χ4v) is 2.68. The highest BCUT2D eigenvalue weighted by molar-refractivity contribution is 5.88. The van der Waals surface area contributed by atoms with Gasteiger partial charge in [-0.25, -0.2) is 0 Å². The predicted molar refractivity (Wildman–Crippen MR) is 77.6 cm³/mol. The Morgan fingerprint density at radius 3 is 2.68 bits per heavy atom. The van der Waals surface area contributed by atoms with Crippen molar-refractivity contribution >= 4 is 10.8 Å². The second kappa shape index (κ2) is 4.24. The average Bonchev–Trinajstić information content (AvgIpc) is 2.36. The fraction of sp³-hybridized carbons (Fsp3) is 0.412. The molecule has 0 aliphatic carbocycles. The summed E-state index contributed by atoms with van der Waals surface area (Å²) in [5.74, 6) is 0.828. The van der Waals surface area contributed by atoms with Crippen molar-refractivity contribution in [2.45, 2.75) is 45.3 Å². The molecule has 0 fully saturated rings. The molecule has 1 N–H and O–H groups in total. The predicted octanol–water partition coefficient (Wildman–Crippen LogP) is 3.78. The van der Waals surface area contributed by atoms with Gasteiger partial charge in [-0.05, 0) is 34.2 Å². The molecule has 1 unspecified atom stereocenters. The molecule has 1 aliphatic rings. The average molecular weight is 256 g/mol. The number of benzene rings is 2. The van der Waals surface area contributed by atoms with Crippen molar-refractivity contribution in [2.75, 3.05) is 0 Å². The van der Waals surface area contributed by atoms with Gasteiger partial charge >= 0.3 is 0 Å². The molecular weight excluding hydrogens is 236 g/mol. The van der Waals surface area contributed by atoms with E-state index >= 15 is 0 Å². The second-order valence-corrected chi connectivity index (χ2v) is 6.34. The number of aryl methyl sites for hydroxylation is 1. The van der Waals surface area contributed by atoms with Gasteiger partial charge in [-0.3, -0.25) is 0 Å². The van der Waals surface area contributed by atoms with Crippen molar-refractivity contribution in [1.29, 1.82) is 0 Å². The fourth-order valence-electron chi connectivity index (χ4n) is 2.68. The van der Waals surface area contributed by atoms with Gasteiger partial charge in [0.15, 0.2) is 6.29 Å². The summed E-state index contributed by atoms with van der Waals surface area (Å²) in [5, 5.41) is 12.1. The molecule has 0 amide bonds. The zero-order valence-electron chi connectivity index (χ0n) is 11.7. The summed E-state index contributed by atoms with van der Waals surface area (Å²) in [5.41, 5.74) is 2.73. The maximum Gasteiger partial charge on any atom is 0.197 e. The minimum Gasteiger partial charge on any atom is -0.465 e. The smallest absolute Gasteiger partial charge is 0.197 e. The first-order valence-corrected chi connectivity index (χ1v) is 6.86. The number of hydrogen-bond acceptors (Lipinski definition) is 2. The Morgan fingerprint density at radius 2 is 1.95 bits per heavy atom. The van der Waals surface area contributed by atoms with Crippen LogP contribution in [0.5, 0.6) is 5.75 Å². The Labute approximate surface area is 114 Å². The molecule has 2 aromatic carbocycles. The molecule has 2 heteroatoms. The third kappa shape index (κ3) is 2.21. The molecule has 2 nitrogen and oxygen atoms in total. The Morgan fingerprint density at radius 1 is 1.16 bits per heavy atom. The van der Waals surface area contributed by atoms with Gasteiger partial charge in [0.2, 0.25) is 0 Å². The van der Waals surface area contributed by atoms with Crippen molar-refractivity contribution in [3.63, 3.8) is 0 Å². The van der Waals surface area contributed by atoms with Crippen molar-refractivity contribution in [3.05, 3.63) is 41.5 Å². The monoisotopic (exact) mass is 256 g/mol. The van der Waals surface area contributed by atoms with Gasteiger partial charge in [-0.2, -0.15) is 0 Å². The van der Waals surface area contributed by atoms with Crippen LogP contribution >= 0.6 is 0 Å². The molecule has 0 saturated heterocycles. The lowest BCUT2D eigenvalue weighted by molar-refractivity contribution is -0.0313. The first-order chi connectivity index (χ1) is 8.95. The van der Waals surface area contributed by atoms with Crippen LogP contribution in [-0.4, -0.2) is 11.4 Å². The molecule has 0 spiro atoms. The summed E-state index contributed by atoms with van der Waals surface area (Å²) in [4.78, 5) is 0. The van der Waals surface area contributed by atoms with Gasteiger partial charge in [0, 0.05) is 12.0 Å². The highest BCUT2D eigenvalue weighted by Gasteiger charge is 2.20. The minimum absolute atomic E-state index is 0.163. The Hall–Kier alpha value is -1.54. The van der Waals surface area contributed by atoms with E-state index in [2.05, 4.69) is 45.0 Å². The van der Waals surface area contributed by atoms with Crippen LogP contribution in [-0.2, 0) is 11.8 Å². The maximum absolute atomic E-state index is 9.56. The van der Waals surface area contributed by atoms with Gasteiger partial charge in [-0.15, -0.1) is 0 Å². The first-order valence-electron chi connectivity index (χ1n) is 6.86. The second-order valence-electron chi connectivity index (χ2n) is 6.34. The lowest BCUT2D eigenvalue weighted by Gasteiger charge is -2.24. The molecule has 100 valence electrons. The zero-order chi connectivity index (χ0) is 13.6. The van der Waals surface area contributed by atoms with E-state index in [1.165, 1.54) is 21.9 Å². The van der Waals surface area contributed by atoms with E-state index in [4.69, 9.17) is 4.74 Å². The molecule has 0 bridgehead atoms. The van der Waals surface area contributed by atoms with Gasteiger partial charge in [0.1, 0.15) is 5.75 Å². The molecular formula is C17H20O2. The minimum atomic E-state index is -0.654. The van der Waals surface area contributed by atoms with E-state index < -0.39 is 6.29 Å². The highest BCUT2D eigenvalue weighted by Crippen LogP contribution is 2.35. The number of aliphatic hydroxyl groups excluding tert-OH is 1. The van der Waals surface area contributed by atoms with Crippen molar-refractivity contribution in [2.24, 2.45) is 0 Å². The lowest BCUT2D eigenvalue weighted by Crippen LogP contribution is -2.21. The number of hydrogen-bond donors (Lipinski definition) is 1. The molecule has 1 aliphatic heterocycles. The van der Waals surface area contributed by atoms with E-state index in [1.807, 2.05) is 6.07 Å². The first kappa shape index (κ1) is 12.5. The number of aliphatic hydroxyl groups is 1. The van der Waals surface area contributed by atoms with Crippen molar-refractivity contribution in [3.8, 4) is 5.75 Å². The van der Waals surface area contributed by atoms with Gasteiger partial charge < -0.3 is 9.84 Å². The molecule has 0 saturated carbocycles. The SMILES string of the molecule is CC(C)(C)c1ccc2c3c(ccc2c1)OC(O)CC3. The van der Waals surface area contributed by atoms with E-state index in [0.29, 0.717) is 6.42 Å². The summed E-state index contributed by atoms with van der Waals surface area (Å²) in [6.45, 7) is 6.68. The Balaban J connectivity index is 2.16. The Kier molecular flexibility index (Phi) is 2.79. The standard InChI is InChI=1S/C17H20O2/c1-17(2,3)12-5-6-13-11(10-12)4-8-15-14(13)7-9-16(18)19-15/h4-6,8,10,16,18H,7,9H2,1-3H3. The van der Waals surface area contributed by atoms with E-state index in [0.717, 1.165) is 12.2 Å². The largest absolute Gasteiger partial charge is 0.465 e. The highest BCUT2D eigenvalue weighted by atomic mass is 16.6. The topological polar surface area (TPSA) is 29.5 Å². The van der Waals surface area contributed by atoms with Gasteiger partial charge in [0.25, 0.3) is 0 Å². The van der Waals surface area contributed by atoms with Crippen LogP contribution in [0.2, 0.25) is 0 Å². The number of rotatable bonds is 0. The molecule has 1 heterocycles. The normalized spacial score (nSPS) is 19.1. The summed E-state index contributed by atoms with van der Waals surface area (Å²) in [6.07, 6.45) is 0.898. The molecule has 3 rings (SSSR count). The summed E-state index contributed by atoms with van der Waals surface area (Å²) >= 11 is 0.